The molecule has 0 atom stereocenters. The number of H-pyrrole nitrogens is 1. The molecule has 0 radical (unpaired) electrons. The van der Waals surface area contributed by atoms with Gasteiger partial charge in [0.1, 0.15) is 17.8 Å². The number of hydrogen-bond donors (Lipinski definition) is 2. The lowest BCUT2D eigenvalue weighted by atomic mass is 10.1. The summed E-state index contributed by atoms with van der Waals surface area (Å²) in [5.41, 5.74) is 3.13. The van der Waals surface area contributed by atoms with E-state index in [1.54, 1.807) is 14.2 Å². The van der Waals surface area contributed by atoms with E-state index >= 15 is 0 Å². The van der Waals surface area contributed by atoms with Gasteiger partial charge in [-0.2, -0.15) is 5.10 Å². The van der Waals surface area contributed by atoms with Gasteiger partial charge in [0, 0.05) is 37.3 Å². The Hall–Kier alpha value is -3.55. The number of aliphatic imine (C=N–C) groups is 1. The van der Waals surface area contributed by atoms with Gasteiger partial charge in [0.25, 0.3) is 0 Å². The van der Waals surface area contributed by atoms with E-state index in [9.17, 15) is 0 Å². The first kappa shape index (κ1) is 21.2. The SMILES string of the molecule is CCNC(=NCc1cccc(-c2ncn[nH]2)c1)N(C)Cc1ccc(OC)cc1OC. The molecule has 1 aromatic heterocycles. The number of nitrogens with one attached hydrogen (secondary N) is 2. The highest BCUT2D eigenvalue weighted by atomic mass is 16.5. The summed E-state index contributed by atoms with van der Waals surface area (Å²) in [7, 11) is 5.32. The molecule has 0 aliphatic rings. The Labute approximate surface area is 177 Å². The number of methoxy groups -OCH3 is 2. The number of rotatable bonds is 8. The van der Waals surface area contributed by atoms with Crippen LogP contribution in [0.3, 0.4) is 0 Å². The van der Waals surface area contributed by atoms with E-state index in [0.29, 0.717) is 13.1 Å². The summed E-state index contributed by atoms with van der Waals surface area (Å²) in [5, 5.41) is 10.2. The second kappa shape index (κ2) is 10.3. The van der Waals surface area contributed by atoms with Crippen LogP contribution in [0.25, 0.3) is 11.4 Å². The average molecular weight is 409 g/mol. The van der Waals surface area contributed by atoms with Gasteiger partial charge >= 0.3 is 0 Å². The lowest BCUT2D eigenvalue weighted by Crippen LogP contribution is -2.38. The van der Waals surface area contributed by atoms with Gasteiger partial charge in [0.15, 0.2) is 11.8 Å². The highest BCUT2D eigenvalue weighted by Gasteiger charge is 2.11. The summed E-state index contributed by atoms with van der Waals surface area (Å²) in [6, 6.07) is 14.0. The molecule has 0 unspecified atom stereocenters. The predicted molar refractivity (Wildman–Crippen MR) is 118 cm³/mol. The molecule has 158 valence electrons. The summed E-state index contributed by atoms with van der Waals surface area (Å²) in [5.74, 6) is 3.12. The summed E-state index contributed by atoms with van der Waals surface area (Å²) < 4.78 is 10.8. The third-order valence-corrected chi connectivity index (χ3v) is 4.63. The van der Waals surface area contributed by atoms with Crippen LogP contribution in [0.15, 0.2) is 53.8 Å². The molecule has 8 heteroatoms. The van der Waals surface area contributed by atoms with Gasteiger partial charge in [-0.05, 0) is 30.7 Å². The maximum absolute atomic E-state index is 5.53. The fourth-order valence-corrected chi connectivity index (χ4v) is 3.11. The van der Waals surface area contributed by atoms with E-state index in [0.717, 1.165) is 46.5 Å². The monoisotopic (exact) mass is 408 g/mol. The van der Waals surface area contributed by atoms with Crippen LogP contribution in [-0.4, -0.2) is 53.9 Å². The molecule has 0 saturated heterocycles. The molecule has 0 amide bonds. The van der Waals surface area contributed by atoms with Crippen LogP contribution in [0.2, 0.25) is 0 Å². The van der Waals surface area contributed by atoms with Gasteiger partial charge < -0.3 is 19.7 Å². The van der Waals surface area contributed by atoms with Gasteiger partial charge in [-0.3, -0.25) is 5.10 Å². The van der Waals surface area contributed by atoms with Gasteiger partial charge in [0.2, 0.25) is 0 Å². The van der Waals surface area contributed by atoms with E-state index in [2.05, 4.69) is 44.5 Å². The largest absolute Gasteiger partial charge is 0.497 e. The van der Waals surface area contributed by atoms with Gasteiger partial charge in [0.05, 0.1) is 20.8 Å². The van der Waals surface area contributed by atoms with E-state index in [1.165, 1.54) is 6.33 Å². The first-order chi connectivity index (χ1) is 14.6. The molecule has 3 rings (SSSR count). The van der Waals surface area contributed by atoms with Crippen LogP contribution < -0.4 is 14.8 Å². The van der Waals surface area contributed by atoms with Crippen molar-refractivity contribution in [1.29, 1.82) is 0 Å². The van der Waals surface area contributed by atoms with Crippen LogP contribution in [0.1, 0.15) is 18.1 Å². The molecule has 3 aromatic rings. The number of hydrogen-bond acceptors (Lipinski definition) is 5. The first-order valence-electron chi connectivity index (χ1n) is 9.79. The second-order valence-electron chi connectivity index (χ2n) is 6.74. The molecule has 2 N–H and O–H groups in total. The Kier molecular flexibility index (Phi) is 7.26. The molecule has 2 aromatic carbocycles. The molecule has 0 fully saturated rings. The van der Waals surface area contributed by atoms with Crippen molar-refractivity contribution < 1.29 is 9.47 Å². The van der Waals surface area contributed by atoms with Gasteiger partial charge in [-0.1, -0.05) is 18.2 Å². The Morgan fingerprint density at radius 1 is 1.17 bits per heavy atom. The van der Waals surface area contributed by atoms with Crippen LogP contribution in [0, 0.1) is 0 Å². The zero-order valence-electron chi connectivity index (χ0n) is 17.8. The standard InChI is InChI=1S/C22H28N6O2/c1-5-23-22(28(2)14-18-9-10-19(29-3)12-20(18)30-4)24-13-16-7-6-8-17(11-16)21-25-15-26-27-21/h6-12,15H,5,13-14H2,1-4H3,(H,23,24)(H,25,26,27). The number of ether oxygens (including phenoxy) is 2. The third kappa shape index (κ3) is 5.28. The summed E-state index contributed by atoms with van der Waals surface area (Å²) in [6.45, 7) is 4.04. The first-order valence-corrected chi connectivity index (χ1v) is 9.79. The number of nitrogens with zero attached hydrogens (tertiary/aromatic N) is 4. The normalized spacial score (nSPS) is 11.3. The zero-order chi connectivity index (χ0) is 21.3. The topological polar surface area (TPSA) is 87.7 Å². The Morgan fingerprint density at radius 3 is 2.73 bits per heavy atom. The number of guanidine groups is 1. The van der Waals surface area contributed by atoms with E-state index < -0.39 is 0 Å². The van der Waals surface area contributed by atoms with Crippen molar-refractivity contribution in [3.05, 3.63) is 59.9 Å². The van der Waals surface area contributed by atoms with Crippen LogP contribution >= 0.6 is 0 Å². The van der Waals surface area contributed by atoms with Crippen molar-refractivity contribution >= 4 is 5.96 Å². The van der Waals surface area contributed by atoms with Crippen molar-refractivity contribution in [2.24, 2.45) is 4.99 Å². The van der Waals surface area contributed by atoms with Crippen molar-refractivity contribution in [2.75, 3.05) is 27.8 Å². The minimum atomic E-state index is 0.550. The second-order valence-corrected chi connectivity index (χ2v) is 6.74. The molecule has 0 bridgehead atoms. The summed E-state index contributed by atoms with van der Waals surface area (Å²) in [4.78, 5) is 11.1. The van der Waals surface area contributed by atoms with E-state index in [4.69, 9.17) is 14.5 Å². The Bertz CT molecular complexity index is 972. The zero-order valence-corrected chi connectivity index (χ0v) is 17.8. The van der Waals surface area contributed by atoms with E-state index in [-0.39, 0.29) is 0 Å². The molecule has 0 spiro atoms. The Morgan fingerprint density at radius 2 is 2.03 bits per heavy atom. The quantitative estimate of drug-likeness (QED) is 0.440. The minimum Gasteiger partial charge on any atom is -0.497 e. The summed E-state index contributed by atoms with van der Waals surface area (Å²) in [6.07, 6.45) is 1.51. The smallest absolute Gasteiger partial charge is 0.194 e. The molecule has 0 aliphatic carbocycles. The highest BCUT2D eigenvalue weighted by molar-refractivity contribution is 5.79. The van der Waals surface area contributed by atoms with Crippen LogP contribution in [0.5, 0.6) is 11.5 Å². The van der Waals surface area contributed by atoms with Crippen LogP contribution in [-0.2, 0) is 13.1 Å². The minimum absolute atomic E-state index is 0.550. The fraction of sp³-hybridized carbons (Fsp3) is 0.318. The van der Waals surface area contributed by atoms with Crippen molar-refractivity contribution in [1.82, 2.24) is 25.4 Å². The number of aromatic amines is 1. The molecular formula is C22H28N6O2. The molecule has 1 heterocycles. The van der Waals surface area contributed by atoms with E-state index in [1.807, 2.05) is 37.4 Å². The molecule has 8 nitrogen and oxygen atoms in total. The predicted octanol–water partition coefficient (Wildman–Crippen LogP) is 3.09. The molecule has 0 saturated carbocycles. The van der Waals surface area contributed by atoms with Crippen molar-refractivity contribution in [3.8, 4) is 22.9 Å². The lowest BCUT2D eigenvalue weighted by Gasteiger charge is -2.23. The van der Waals surface area contributed by atoms with Crippen molar-refractivity contribution in [2.45, 2.75) is 20.0 Å². The average Bonchev–Trinajstić information content (AvgIpc) is 3.32. The number of aromatic nitrogens is 3. The lowest BCUT2D eigenvalue weighted by molar-refractivity contribution is 0.382. The molecule has 0 aliphatic heterocycles. The maximum Gasteiger partial charge on any atom is 0.194 e. The maximum atomic E-state index is 5.53. The summed E-state index contributed by atoms with van der Waals surface area (Å²) >= 11 is 0. The van der Waals surface area contributed by atoms with Gasteiger partial charge in [-0.25, -0.2) is 9.98 Å². The molecular weight excluding hydrogens is 380 g/mol. The number of benzene rings is 2. The van der Waals surface area contributed by atoms with Crippen LogP contribution in [0.4, 0.5) is 0 Å². The fourth-order valence-electron chi connectivity index (χ4n) is 3.11. The highest BCUT2D eigenvalue weighted by Crippen LogP contribution is 2.25. The van der Waals surface area contributed by atoms with Crippen molar-refractivity contribution in [3.63, 3.8) is 0 Å². The third-order valence-electron chi connectivity index (χ3n) is 4.63. The Balaban J connectivity index is 1.75. The van der Waals surface area contributed by atoms with Gasteiger partial charge in [-0.15, -0.1) is 0 Å². The molecule has 30 heavy (non-hydrogen) atoms.